The largest absolute Gasteiger partial charge is 0.508 e. The van der Waals surface area contributed by atoms with E-state index in [-0.39, 0.29) is 11.5 Å². The van der Waals surface area contributed by atoms with E-state index in [0.29, 0.717) is 18.4 Å². The van der Waals surface area contributed by atoms with Gasteiger partial charge >= 0.3 is 0 Å². The molecule has 0 bridgehead atoms. The monoisotopic (exact) mass is 297 g/mol. The first-order valence-corrected chi connectivity index (χ1v) is 7.55. The Morgan fingerprint density at radius 1 is 1.05 bits per heavy atom. The van der Waals surface area contributed by atoms with Crippen LogP contribution in [0.15, 0.2) is 54.6 Å². The highest BCUT2D eigenvalue weighted by atomic mass is 16.3. The molecule has 2 rings (SSSR count). The number of nitrogens with zero attached hydrogens (tertiary/aromatic N) is 1. The van der Waals surface area contributed by atoms with Gasteiger partial charge in [-0.05, 0) is 56.8 Å². The van der Waals surface area contributed by atoms with Crippen LogP contribution in [-0.2, 0) is 6.42 Å². The lowest BCUT2D eigenvalue weighted by atomic mass is 9.80. The highest BCUT2D eigenvalue weighted by Gasteiger charge is 2.39. The zero-order valence-electron chi connectivity index (χ0n) is 13.4. The molecule has 0 aliphatic rings. The van der Waals surface area contributed by atoms with Crippen LogP contribution >= 0.6 is 0 Å². The van der Waals surface area contributed by atoms with Crippen molar-refractivity contribution in [2.75, 3.05) is 14.1 Å². The van der Waals surface area contributed by atoms with Crippen molar-refractivity contribution in [3.8, 4) is 5.75 Å². The highest BCUT2D eigenvalue weighted by molar-refractivity contribution is 6.03. The summed E-state index contributed by atoms with van der Waals surface area (Å²) in [5.74, 6) is 0.260. The third-order valence-corrected chi connectivity index (χ3v) is 4.33. The van der Waals surface area contributed by atoms with Gasteiger partial charge in [0, 0.05) is 5.56 Å². The second-order valence-electron chi connectivity index (χ2n) is 5.82. The van der Waals surface area contributed by atoms with Gasteiger partial charge < -0.3 is 5.11 Å². The summed E-state index contributed by atoms with van der Waals surface area (Å²) in [6.45, 7) is 2.04. The van der Waals surface area contributed by atoms with Crippen LogP contribution in [0.5, 0.6) is 5.75 Å². The highest BCUT2D eigenvalue weighted by Crippen LogP contribution is 2.28. The summed E-state index contributed by atoms with van der Waals surface area (Å²) < 4.78 is 0. The molecule has 0 saturated heterocycles. The van der Waals surface area contributed by atoms with E-state index in [9.17, 15) is 9.90 Å². The van der Waals surface area contributed by atoms with Gasteiger partial charge in [-0.15, -0.1) is 0 Å². The van der Waals surface area contributed by atoms with E-state index in [1.165, 1.54) is 0 Å². The number of Topliss-reactive ketones (excluding diaryl/α,β-unsaturated/α-hetero) is 1. The lowest BCUT2D eigenvalue weighted by Crippen LogP contribution is -2.52. The van der Waals surface area contributed by atoms with Gasteiger partial charge in [-0.25, -0.2) is 0 Å². The Bertz CT molecular complexity index is 620. The fourth-order valence-electron chi connectivity index (χ4n) is 2.86. The Morgan fingerprint density at radius 2 is 1.64 bits per heavy atom. The molecule has 1 unspecified atom stereocenters. The molecule has 0 spiro atoms. The summed E-state index contributed by atoms with van der Waals surface area (Å²) >= 11 is 0. The zero-order chi connectivity index (χ0) is 16.2. The number of benzene rings is 2. The van der Waals surface area contributed by atoms with E-state index < -0.39 is 5.54 Å². The predicted molar refractivity (Wildman–Crippen MR) is 89.3 cm³/mol. The summed E-state index contributed by atoms with van der Waals surface area (Å²) in [6.07, 6.45) is 1.38. The van der Waals surface area contributed by atoms with Crippen LogP contribution in [0.4, 0.5) is 0 Å². The maximum Gasteiger partial charge on any atom is 0.183 e. The van der Waals surface area contributed by atoms with Crippen LogP contribution in [0, 0.1) is 0 Å². The van der Waals surface area contributed by atoms with Crippen molar-refractivity contribution in [2.24, 2.45) is 0 Å². The summed E-state index contributed by atoms with van der Waals surface area (Å²) in [7, 11) is 3.90. The Balaban J connectivity index is 2.40. The van der Waals surface area contributed by atoms with Crippen molar-refractivity contribution in [3.05, 3.63) is 65.7 Å². The van der Waals surface area contributed by atoms with Gasteiger partial charge in [0.2, 0.25) is 0 Å². The Kier molecular flexibility index (Phi) is 4.99. The normalized spacial score (nSPS) is 13.8. The lowest BCUT2D eigenvalue weighted by Gasteiger charge is -2.38. The third-order valence-electron chi connectivity index (χ3n) is 4.33. The van der Waals surface area contributed by atoms with Gasteiger partial charge in [0.15, 0.2) is 5.78 Å². The van der Waals surface area contributed by atoms with Crippen LogP contribution in [0.1, 0.15) is 29.3 Å². The van der Waals surface area contributed by atoms with Crippen LogP contribution in [0.3, 0.4) is 0 Å². The fraction of sp³-hybridized carbons (Fsp3) is 0.316. The molecule has 0 heterocycles. The maximum absolute atomic E-state index is 13.1. The molecule has 3 nitrogen and oxygen atoms in total. The van der Waals surface area contributed by atoms with E-state index >= 15 is 0 Å². The first-order valence-electron chi connectivity index (χ1n) is 7.55. The molecule has 3 heteroatoms. The molecule has 22 heavy (non-hydrogen) atoms. The summed E-state index contributed by atoms with van der Waals surface area (Å²) in [4.78, 5) is 15.1. The molecular weight excluding hydrogens is 274 g/mol. The number of rotatable bonds is 6. The number of hydrogen-bond donors (Lipinski definition) is 1. The van der Waals surface area contributed by atoms with Crippen LogP contribution < -0.4 is 0 Å². The average molecular weight is 297 g/mol. The number of aromatic hydroxyl groups is 1. The van der Waals surface area contributed by atoms with Crippen molar-refractivity contribution in [1.29, 1.82) is 0 Å². The van der Waals surface area contributed by atoms with E-state index in [1.54, 1.807) is 24.3 Å². The lowest BCUT2D eigenvalue weighted by molar-refractivity contribution is 0.0666. The minimum absolute atomic E-state index is 0.0869. The minimum atomic E-state index is -0.585. The van der Waals surface area contributed by atoms with Crippen molar-refractivity contribution < 1.29 is 9.90 Å². The first-order chi connectivity index (χ1) is 10.5. The standard InChI is InChI=1S/C19H23NO2/c1-4-19(20(2)3,14-15-8-6-5-7-9-15)18(22)16-10-12-17(21)13-11-16/h5-13,21H,4,14H2,1-3H3. The number of carbonyl (C=O) groups is 1. The first kappa shape index (κ1) is 16.2. The number of phenols is 1. The van der Waals surface area contributed by atoms with Gasteiger partial charge in [-0.1, -0.05) is 37.3 Å². The van der Waals surface area contributed by atoms with Crippen molar-refractivity contribution in [3.63, 3.8) is 0 Å². The van der Waals surface area contributed by atoms with Crippen LogP contribution in [0.2, 0.25) is 0 Å². The number of likely N-dealkylation sites (N-methyl/N-ethyl adjacent to an activating group) is 1. The minimum Gasteiger partial charge on any atom is -0.508 e. The summed E-state index contributed by atoms with van der Waals surface area (Å²) in [6, 6.07) is 16.6. The van der Waals surface area contributed by atoms with Crippen LogP contribution in [0.25, 0.3) is 0 Å². The predicted octanol–water partition coefficient (Wildman–Crippen LogP) is 3.53. The Morgan fingerprint density at radius 3 is 2.14 bits per heavy atom. The zero-order valence-corrected chi connectivity index (χ0v) is 13.4. The quantitative estimate of drug-likeness (QED) is 0.829. The molecule has 0 aliphatic carbocycles. The molecule has 116 valence electrons. The van der Waals surface area contributed by atoms with E-state index in [4.69, 9.17) is 0 Å². The topological polar surface area (TPSA) is 40.5 Å². The molecule has 0 aromatic heterocycles. The van der Waals surface area contributed by atoms with E-state index in [2.05, 4.69) is 12.1 Å². The smallest absolute Gasteiger partial charge is 0.183 e. The third kappa shape index (κ3) is 3.20. The SMILES string of the molecule is CCC(Cc1ccccc1)(C(=O)c1ccc(O)cc1)N(C)C. The van der Waals surface area contributed by atoms with Gasteiger partial charge in [-0.2, -0.15) is 0 Å². The fourth-order valence-corrected chi connectivity index (χ4v) is 2.86. The van der Waals surface area contributed by atoms with E-state index in [1.807, 2.05) is 44.1 Å². The Hall–Kier alpha value is -2.13. The number of hydrogen-bond acceptors (Lipinski definition) is 3. The second kappa shape index (κ2) is 6.75. The molecule has 1 atom stereocenters. The molecule has 2 aromatic carbocycles. The van der Waals surface area contributed by atoms with Crippen molar-refractivity contribution in [2.45, 2.75) is 25.3 Å². The molecule has 2 aromatic rings. The molecule has 0 aliphatic heterocycles. The van der Waals surface area contributed by atoms with Crippen molar-refractivity contribution in [1.82, 2.24) is 4.90 Å². The van der Waals surface area contributed by atoms with Gasteiger partial charge in [0.1, 0.15) is 5.75 Å². The van der Waals surface area contributed by atoms with Gasteiger partial charge in [0.25, 0.3) is 0 Å². The average Bonchev–Trinajstić information content (AvgIpc) is 2.53. The molecule has 0 amide bonds. The summed E-state index contributed by atoms with van der Waals surface area (Å²) in [5.41, 5.74) is 1.19. The molecule has 0 saturated carbocycles. The van der Waals surface area contributed by atoms with Crippen LogP contribution in [-0.4, -0.2) is 35.4 Å². The van der Waals surface area contributed by atoms with Crippen molar-refractivity contribution >= 4 is 5.78 Å². The van der Waals surface area contributed by atoms with Gasteiger partial charge in [-0.3, -0.25) is 9.69 Å². The number of carbonyl (C=O) groups excluding carboxylic acids is 1. The summed E-state index contributed by atoms with van der Waals surface area (Å²) in [5, 5.41) is 9.42. The van der Waals surface area contributed by atoms with Gasteiger partial charge in [0.05, 0.1) is 5.54 Å². The molecule has 0 radical (unpaired) electrons. The molecule has 0 fully saturated rings. The number of phenolic OH excluding ortho intramolecular Hbond substituents is 1. The molecule has 1 N–H and O–H groups in total. The maximum atomic E-state index is 13.1. The molecular formula is C19H23NO2. The number of ketones is 1. The Labute approximate surface area is 132 Å². The second-order valence-corrected chi connectivity index (χ2v) is 5.82. The van der Waals surface area contributed by atoms with E-state index in [0.717, 1.165) is 5.56 Å².